The van der Waals surface area contributed by atoms with Crippen LogP contribution in [-0.4, -0.2) is 28.1 Å². The van der Waals surface area contributed by atoms with Crippen LogP contribution in [0.1, 0.15) is 37.8 Å². The summed E-state index contributed by atoms with van der Waals surface area (Å²) in [6.07, 6.45) is 2.63. The maximum Gasteiger partial charge on any atom is 0.308 e. The smallest absolute Gasteiger partial charge is 0.308 e. The summed E-state index contributed by atoms with van der Waals surface area (Å²) in [6, 6.07) is 5.34. The molecule has 0 aliphatic carbocycles. The second kappa shape index (κ2) is 5.11. The molecule has 1 N–H and O–H groups in total. The van der Waals surface area contributed by atoms with Gasteiger partial charge in [-0.25, -0.2) is 4.39 Å². The molecule has 0 amide bonds. The predicted octanol–water partition coefficient (Wildman–Crippen LogP) is 3.59. The van der Waals surface area contributed by atoms with Crippen LogP contribution in [0.3, 0.4) is 0 Å². The average Bonchev–Trinajstić information content (AvgIpc) is 2.95. The lowest BCUT2D eigenvalue weighted by Gasteiger charge is -2.30. The van der Waals surface area contributed by atoms with E-state index in [9.17, 15) is 14.3 Å². The normalized spacial score (nSPS) is 30.6. The van der Waals surface area contributed by atoms with Gasteiger partial charge in [0.25, 0.3) is 0 Å². The molecule has 2 aliphatic rings. The number of fused-ring (bicyclic) bond motifs is 2. The van der Waals surface area contributed by atoms with Crippen LogP contribution < -0.4 is 0 Å². The van der Waals surface area contributed by atoms with E-state index in [4.69, 9.17) is 0 Å². The Kier molecular flexibility index (Phi) is 3.58. The van der Waals surface area contributed by atoms with E-state index in [0.717, 1.165) is 17.3 Å². The Labute approximate surface area is 125 Å². The van der Waals surface area contributed by atoms with Gasteiger partial charge in [-0.05, 0) is 38.3 Å². The molecule has 0 aromatic heterocycles. The fourth-order valence-corrected chi connectivity index (χ4v) is 4.23. The first-order valence-electron chi connectivity index (χ1n) is 6.94. The highest BCUT2D eigenvalue weighted by Gasteiger charge is 2.51. The quantitative estimate of drug-likeness (QED) is 0.913. The van der Waals surface area contributed by atoms with Crippen molar-refractivity contribution >= 4 is 21.9 Å². The van der Waals surface area contributed by atoms with Gasteiger partial charge in [0.15, 0.2) is 0 Å². The molecule has 3 rings (SSSR count). The summed E-state index contributed by atoms with van der Waals surface area (Å²) in [6.45, 7) is 1.97. The van der Waals surface area contributed by atoms with Gasteiger partial charge in [0.1, 0.15) is 5.82 Å². The number of aliphatic carboxylic acids is 1. The SMILES string of the molecule is CC(c1ccc(Br)cc1F)N1C2CCC1C(C(=O)O)C2. The number of hydrogen-bond donors (Lipinski definition) is 1. The van der Waals surface area contributed by atoms with Gasteiger partial charge in [-0.15, -0.1) is 0 Å². The van der Waals surface area contributed by atoms with Crippen molar-refractivity contribution in [3.8, 4) is 0 Å². The second-order valence-electron chi connectivity index (χ2n) is 5.77. The third-order valence-corrected chi connectivity index (χ3v) is 5.26. The van der Waals surface area contributed by atoms with Gasteiger partial charge < -0.3 is 5.11 Å². The van der Waals surface area contributed by atoms with Crippen molar-refractivity contribution in [1.82, 2.24) is 4.90 Å². The molecule has 1 aromatic carbocycles. The van der Waals surface area contributed by atoms with Crippen LogP contribution in [0.2, 0.25) is 0 Å². The van der Waals surface area contributed by atoms with E-state index in [1.165, 1.54) is 6.07 Å². The average molecular weight is 342 g/mol. The highest BCUT2D eigenvalue weighted by atomic mass is 79.9. The molecule has 4 unspecified atom stereocenters. The van der Waals surface area contributed by atoms with Crippen LogP contribution in [0.4, 0.5) is 4.39 Å². The van der Waals surface area contributed by atoms with E-state index >= 15 is 0 Å². The standard InChI is InChI=1S/C15H17BrFNO2/c1-8(11-4-2-9(16)6-13(11)17)18-10-3-5-14(18)12(7-10)15(19)20/h2,4,6,8,10,12,14H,3,5,7H2,1H3,(H,19,20). The van der Waals surface area contributed by atoms with Crippen LogP contribution in [-0.2, 0) is 4.79 Å². The Hall–Kier alpha value is -0.940. The molecule has 2 aliphatic heterocycles. The summed E-state index contributed by atoms with van der Waals surface area (Å²) in [5.74, 6) is -1.24. The van der Waals surface area contributed by atoms with Gasteiger partial charge in [0.2, 0.25) is 0 Å². The number of carboxylic acid groups (broad SMARTS) is 1. The van der Waals surface area contributed by atoms with Gasteiger partial charge in [0, 0.05) is 28.2 Å². The van der Waals surface area contributed by atoms with E-state index in [0.29, 0.717) is 12.0 Å². The van der Waals surface area contributed by atoms with Gasteiger partial charge in [-0.1, -0.05) is 22.0 Å². The zero-order chi connectivity index (χ0) is 14.4. The molecule has 2 saturated heterocycles. The molecule has 0 saturated carbocycles. The summed E-state index contributed by atoms with van der Waals surface area (Å²) >= 11 is 3.26. The molecule has 2 heterocycles. The molecule has 0 radical (unpaired) electrons. The molecule has 5 heteroatoms. The number of rotatable bonds is 3. The highest BCUT2D eigenvalue weighted by molar-refractivity contribution is 9.10. The monoisotopic (exact) mass is 341 g/mol. The van der Waals surface area contributed by atoms with E-state index in [-0.39, 0.29) is 29.9 Å². The van der Waals surface area contributed by atoms with Crippen molar-refractivity contribution in [1.29, 1.82) is 0 Å². The van der Waals surface area contributed by atoms with Gasteiger partial charge in [-0.3, -0.25) is 9.69 Å². The first-order valence-corrected chi connectivity index (χ1v) is 7.73. The molecule has 4 atom stereocenters. The van der Waals surface area contributed by atoms with E-state index in [1.54, 1.807) is 6.07 Å². The summed E-state index contributed by atoms with van der Waals surface area (Å²) in [4.78, 5) is 13.5. The summed E-state index contributed by atoms with van der Waals surface area (Å²) in [5, 5.41) is 9.29. The van der Waals surface area contributed by atoms with Crippen molar-refractivity contribution in [2.45, 2.75) is 44.3 Å². The fraction of sp³-hybridized carbons (Fsp3) is 0.533. The molecule has 2 fully saturated rings. The Morgan fingerprint density at radius 2 is 2.25 bits per heavy atom. The van der Waals surface area contributed by atoms with Crippen molar-refractivity contribution < 1.29 is 14.3 Å². The van der Waals surface area contributed by atoms with Crippen LogP contribution >= 0.6 is 15.9 Å². The minimum absolute atomic E-state index is 0.0514. The Morgan fingerprint density at radius 1 is 1.50 bits per heavy atom. The topological polar surface area (TPSA) is 40.5 Å². The Balaban J connectivity index is 1.88. The van der Waals surface area contributed by atoms with Gasteiger partial charge >= 0.3 is 5.97 Å². The lowest BCUT2D eigenvalue weighted by Crippen LogP contribution is -2.35. The molecule has 2 bridgehead atoms. The predicted molar refractivity (Wildman–Crippen MR) is 76.9 cm³/mol. The van der Waals surface area contributed by atoms with E-state index in [2.05, 4.69) is 20.8 Å². The zero-order valence-corrected chi connectivity index (χ0v) is 12.8. The molecule has 1 aromatic rings. The molecular formula is C15H17BrFNO2. The van der Waals surface area contributed by atoms with Gasteiger partial charge in [0.05, 0.1) is 5.92 Å². The van der Waals surface area contributed by atoms with E-state index in [1.807, 2.05) is 13.0 Å². The summed E-state index contributed by atoms with van der Waals surface area (Å²) < 4.78 is 14.8. The zero-order valence-electron chi connectivity index (χ0n) is 11.2. The largest absolute Gasteiger partial charge is 0.481 e. The second-order valence-corrected chi connectivity index (χ2v) is 6.68. The Bertz CT molecular complexity index is 551. The molecule has 0 spiro atoms. The highest BCUT2D eigenvalue weighted by Crippen LogP contribution is 2.46. The number of carbonyl (C=O) groups is 1. The maximum absolute atomic E-state index is 14.1. The number of nitrogens with zero attached hydrogens (tertiary/aromatic N) is 1. The summed E-state index contributed by atoms with van der Waals surface area (Å²) in [5.41, 5.74) is 0.649. The van der Waals surface area contributed by atoms with Crippen molar-refractivity contribution in [2.24, 2.45) is 5.92 Å². The lowest BCUT2D eigenvalue weighted by molar-refractivity contribution is -0.142. The summed E-state index contributed by atoms with van der Waals surface area (Å²) in [7, 11) is 0. The minimum atomic E-state index is -0.717. The third kappa shape index (κ3) is 2.17. The molecule has 3 nitrogen and oxygen atoms in total. The Morgan fingerprint density at radius 3 is 2.85 bits per heavy atom. The number of hydrogen-bond acceptors (Lipinski definition) is 2. The van der Waals surface area contributed by atoms with Crippen LogP contribution in [0.25, 0.3) is 0 Å². The number of benzene rings is 1. The third-order valence-electron chi connectivity index (χ3n) is 4.77. The lowest BCUT2D eigenvalue weighted by atomic mass is 9.89. The van der Waals surface area contributed by atoms with Crippen molar-refractivity contribution in [2.75, 3.05) is 0 Å². The van der Waals surface area contributed by atoms with E-state index < -0.39 is 5.97 Å². The number of halogens is 2. The van der Waals surface area contributed by atoms with Gasteiger partial charge in [-0.2, -0.15) is 0 Å². The first-order chi connectivity index (χ1) is 9.49. The van der Waals surface area contributed by atoms with Crippen molar-refractivity contribution in [3.05, 3.63) is 34.1 Å². The fourth-order valence-electron chi connectivity index (χ4n) is 3.90. The molecule has 108 valence electrons. The van der Waals surface area contributed by atoms with Crippen molar-refractivity contribution in [3.63, 3.8) is 0 Å². The minimum Gasteiger partial charge on any atom is -0.481 e. The van der Waals surface area contributed by atoms with Crippen LogP contribution in [0.15, 0.2) is 22.7 Å². The molecular weight excluding hydrogens is 325 g/mol. The molecule has 20 heavy (non-hydrogen) atoms. The number of carboxylic acids is 1. The van der Waals surface area contributed by atoms with Crippen LogP contribution in [0, 0.1) is 11.7 Å². The van der Waals surface area contributed by atoms with Crippen LogP contribution in [0.5, 0.6) is 0 Å². The first kappa shape index (κ1) is 14.0. The maximum atomic E-state index is 14.1.